The minimum atomic E-state index is -4.04. The van der Waals surface area contributed by atoms with Crippen LogP contribution in [0.25, 0.3) is 0 Å². The molecule has 0 radical (unpaired) electrons. The molecule has 1 aromatic rings. The molecule has 1 spiro atoms. The number of hydrogen-bond acceptors (Lipinski definition) is 7. The topological polar surface area (TPSA) is 112 Å². The number of amides is 1. The van der Waals surface area contributed by atoms with E-state index in [9.17, 15) is 13.2 Å². The van der Waals surface area contributed by atoms with Crippen molar-refractivity contribution in [3.05, 3.63) is 29.3 Å². The predicted molar refractivity (Wildman–Crippen MR) is 142 cm³/mol. The van der Waals surface area contributed by atoms with Crippen LogP contribution in [0, 0.1) is 23.2 Å². The van der Waals surface area contributed by atoms with Crippen LogP contribution < -0.4 is 14.2 Å². The van der Waals surface area contributed by atoms with Crippen LogP contribution in [0.3, 0.4) is 0 Å². The van der Waals surface area contributed by atoms with Crippen molar-refractivity contribution in [2.24, 2.45) is 23.2 Å². The quantitative estimate of drug-likeness (QED) is 0.544. The van der Waals surface area contributed by atoms with Gasteiger partial charge in [-0.05, 0) is 99.8 Å². The molecule has 5 atom stereocenters. The summed E-state index contributed by atoms with van der Waals surface area (Å²) in [7, 11) is -2.33. The lowest BCUT2D eigenvalue weighted by molar-refractivity contribution is -0.237. The van der Waals surface area contributed by atoms with Crippen LogP contribution in [0.1, 0.15) is 76.8 Å². The Bertz CT molecular complexity index is 1160. The van der Waals surface area contributed by atoms with Gasteiger partial charge in [0.1, 0.15) is 11.4 Å². The molecule has 5 rings (SSSR count). The predicted octanol–water partition coefficient (Wildman–Crippen LogP) is 4.27. The van der Waals surface area contributed by atoms with Crippen LogP contribution in [0.5, 0.6) is 5.75 Å². The van der Waals surface area contributed by atoms with Crippen molar-refractivity contribution in [1.29, 1.82) is 0 Å². The minimum absolute atomic E-state index is 0.132. The number of nitrogens with one attached hydrogen (secondary N) is 2. The van der Waals surface area contributed by atoms with Gasteiger partial charge >= 0.3 is 16.3 Å². The first-order valence-corrected chi connectivity index (χ1v) is 15.3. The largest absolute Gasteiger partial charge is 0.497 e. The van der Waals surface area contributed by atoms with Gasteiger partial charge in [-0.1, -0.05) is 13.0 Å². The number of carbonyl (C=O) groups is 1. The smallest absolute Gasteiger partial charge is 0.422 e. The zero-order chi connectivity index (χ0) is 27.3. The second-order valence-electron chi connectivity index (χ2n) is 12.6. The number of ether oxygens (including phenoxy) is 4. The number of benzene rings is 1. The molecule has 3 unspecified atom stereocenters. The Labute approximate surface area is 226 Å². The van der Waals surface area contributed by atoms with E-state index in [2.05, 4.69) is 29.8 Å². The highest BCUT2D eigenvalue weighted by atomic mass is 32.2. The van der Waals surface area contributed by atoms with Crippen LogP contribution >= 0.6 is 0 Å². The third-order valence-corrected chi connectivity index (χ3v) is 10.3. The molecule has 0 aromatic heterocycles. The second kappa shape index (κ2) is 9.94. The number of fused-ring (bicyclic) bond motifs is 6. The monoisotopic (exact) mass is 550 g/mol. The molecule has 3 aliphatic carbocycles. The van der Waals surface area contributed by atoms with Crippen molar-refractivity contribution in [3.63, 3.8) is 0 Å². The summed E-state index contributed by atoms with van der Waals surface area (Å²) in [5, 5.41) is 0. The molecular weight excluding hydrogens is 508 g/mol. The second-order valence-corrected chi connectivity index (χ2v) is 14.1. The number of hydrogen-bond donors (Lipinski definition) is 2. The van der Waals surface area contributed by atoms with Gasteiger partial charge in [-0.3, -0.25) is 0 Å². The van der Waals surface area contributed by atoms with Crippen LogP contribution in [-0.4, -0.2) is 52.8 Å². The Balaban J connectivity index is 1.33. The first-order chi connectivity index (χ1) is 17.9. The van der Waals surface area contributed by atoms with Gasteiger partial charge in [-0.15, -0.1) is 0 Å². The van der Waals surface area contributed by atoms with E-state index < -0.39 is 27.7 Å². The molecule has 1 amide bonds. The molecule has 1 saturated heterocycles. The van der Waals surface area contributed by atoms with E-state index in [1.54, 1.807) is 27.9 Å². The summed E-state index contributed by atoms with van der Waals surface area (Å²) >= 11 is 0. The fourth-order valence-corrected chi connectivity index (χ4v) is 8.68. The van der Waals surface area contributed by atoms with Gasteiger partial charge in [0, 0.05) is 18.4 Å². The van der Waals surface area contributed by atoms with Crippen molar-refractivity contribution in [3.8, 4) is 5.75 Å². The zero-order valence-electron chi connectivity index (χ0n) is 23.2. The molecule has 0 bridgehead atoms. The molecule has 1 aliphatic heterocycles. The molecule has 1 aromatic carbocycles. The minimum Gasteiger partial charge on any atom is -0.497 e. The van der Waals surface area contributed by atoms with Gasteiger partial charge in [-0.2, -0.15) is 13.1 Å². The third kappa shape index (κ3) is 5.05. The summed E-state index contributed by atoms with van der Waals surface area (Å²) < 4.78 is 52.9. The normalized spacial score (nSPS) is 31.8. The molecule has 3 fully saturated rings. The maximum atomic E-state index is 12.5. The first-order valence-electron chi connectivity index (χ1n) is 13.8. The highest BCUT2D eigenvalue weighted by molar-refractivity contribution is 7.88. The van der Waals surface area contributed by atoms with E-state index in [1.165, 1.54) is 11.1 Å². The molecule has 10 heteroatoms. The van der Waals surface area contributed by atoms with E-state index in [1.807, 2.05) is 4.72 Å². The van der Waals surface area contributed by atoms with Crippen molar-refractivity contribution in [2.75, 3.05) is 26.9 Å². The van der Waals surface area contributed by atoms with Gasteiger partial charge in [-0.25, -0.2) is 9.52 Å². The zero-order valence-corrected chi connectivity index (χ0v) is 24.0. The molecular formula is C28H42N2O7S. The molecule has 9 nitrogen and oxygen atoms in total. The fourth-order valence-electron chi connectivity index (χ4n) is 7.96. The lowest BCUT2D eigenvalue weighted by Gasteiger charge is -2.53. The average molecular weight is 551 g/mol. The number of methoxy groups -OCH3 is 1. The van der Waals surface area contributed by atoms with Gasteiger partial charge in [0.05, 0.1) is 20.3 Å². The highest BCUT2D eigenvalue weighted by Crippen LogP contribution is 2.68. The van der Waals surface area contributed by atoms with Crippen molar-refractivity contribution >= 4 is 16.3 Å². The lowest BCUT2D eigenvalue weighted by atomic mass is 9.53. The number of rotatable bonds is 6. The Morgan fingerprint density at radius 1 is 1.18 bits per heavy atom. The van der Waals surface area contributed by atoms with Crippen molar-refractivity contribution in [1.82, 2.24) is 9.44 Å². The van der Waals surface area contributed by atoms with Crippen LogP contribution in [0.4, 0.5) is 4.79 Å². The Morgan fingerprint density at radius 3 is 2.61 bits per heavy atom. The summed E-state index contributed by atoms with van der Waals surface area (Å²) in [6.07, 6.45) is 4.60. The van der Waals surface area contributed by atoms with Crippen LogP contribution in [0.2, 0.25) is 0 Å². The lowest BCUT2D eigenvalue weighted by Crippen LogP contribution is -2.52. The summed E-state index contributed by atoms with van der Waals surface area (Å²) in [6.45, 7) is 8.79. The molecule has 4 aliphatic rings. The summed E-state index contributed by atoms with van der Waals surface area (Å²) in [6, 6.07) is 6.49. The molecule has 38 heavy (non-hydrogen) atoms. The Kier molecular flexibility index (Phi) is 7.24. The Morgan fingerprint density at radius 2 is 1.92 bits per heavy atom. The standard InChI is InChI=1S/C28H42N2O7S/c1-26(2,3)37-25(31)30-38(32,33)29-13-11-19-17-28(35-14-15-36-28)27(4)12-10-22-21-9-7-20(34-5)16-18(21)6-8-23(22)24(19)27/h7,9,16,19,22-24,29H,6,8,10-15,17H2,1-5H3,(H,30,31)/t19-,22?,23?,24-,27?/m0/s1. The third-order valence-electron chi connectivity index (χ3n) is 9.27. The van der Waals surface area contributed by atoms with Gasteiger partial charge in [0.25, 0.3) is 0 Å². The molecule has 1 heterocycles. The number of carbonyl (C=O) groups excluding carboxylic acids is 1. The summed E-state index contributed by atoms with van der Waals surface area (Å²) in [5.74, 6) is 1.81. The SMILES string of the molecule is COc1ccc2c(c1)CCC1C2CCC2(C)[C@H]1[C@@H](CCNS(=O)(=O)NC(=O)OC(C)(C)C)CC21OCCO1. The average Bonchev–Trinajstić information content (AvgIpc) is 3.40. The van der Waals surface area contributed by atoms with Gasteiger partial charge in [0.15, 0.2) is 5.79 Å². The fraction of sp³-hybridized carbons (Fsp3) is 0.750. The highest BCUT2D eigenvalue weighted by Gasteiger charge is 2.68. The Hall–Kier alpha value is -1.88. The number of aryl methyl sites for hydroxylation is 1. The van der Waals surface area contributed by atoms with Crippen molar-refractivity contribution < 1.29 is 32.2 Å². The van der Waals surface area contributed by atoms with Crippen LogP contribution in [0.15, 0.2) is 18.2 Å². The van der Waals surface area contributed by atoms with Gasteiger partial charge in [0.2, 0.25) is 0 Å². The maximum Gasteiger partial charge on any atom is 0.422 e. The van der Waals surface area contributed by atoms with E-state index in [4.69, 9.17) is 18.9 Å². The van der Waals surface area contributed by atoms with E-state index in [0.29, 0.717) is 37.4 Å². The van der Waals surface area contributed by atoms with Gasteiger partial charge < -0.3 is 18.9 Å². The summed E-state index contributed by atoms with van der Waals surface area (Å²) in [4.78, 5) is 12.0. The van der Waals surface area contributed by atoms with E-state index in [-0.39, 0.29) is 17.9 Å². The van der Waals surface area contributed by atoms with E-state index >= 15 is 0 Å². The molecule has 2 saturated carbocycles. The first kappa shape index (κ1) is 27.7. The maximum absolute atomic E-state index is 12.5. The van der Waals surface area contributed by atoms with Crippen LogP contribution in [-0.2, 0) is 30.8 Å². The summed E-state index contributed by atoms with van der Waals surface area (Å²) in [5.41, 5.74) is 1.89. The van der Waals surface area contributed by atoms with E-state index in [0.717, 1.165) is 37.9 Å². The molecule has 212 valence electrons. The van der Waals surface area contributed by atoms with Crippen molar-refractivity contribution in [2.45, 2.75) is 83.5 Å². The molecule has 2 N–H and O–H groups in total.